The Labute approximate surface area is 103 Å². The molecule has 1 amide bonds. The van der Waals surface area contributed by atoms with Crippen LogP contribution in [0.5, 0.6) is 0 Å². The van der Waals surface area contributed by atoms with Gasteiger partial charge in [-0.25, -0.2) is 13.4 Å². The van der Waals surface area contributed by atoms with Crippen molar-refractivity contribution in [2.45, 2.75) is 6.92 Å². The number of fused-ring (bicyclic) bond motifs is 1. The van der Waals surface area contributed by atoms with E-state index in [-0.39, 0.29) is 11.6 Å². The lowest BCUT2D eigenvalue weighted by molar-refractivity contribution is 0.0991. The average molecular weight is 268 g/mol. The number of carbonyl (C=O) groups is 1. The smallest absolute Gasteiger partial charge is 0.284 e. The number of benzene rings is 1. The Morgan fingerprint density at radius 2 is 2.22 bits per heavy atom. The molecule has 0 atom stereocenters. The Morgan fingerprint density at radius 1 is 1.50 bits per heavy atom. The summed E-state index contributed by atoms with van der Waals surface area (Å²) in [6.45, 7) is 1.54. The second kappa shape index (κ2) is 4.30. The normalized spacial score (nSPS) is 11.6. The van der Waals surface area contributed by atoms with Gasteiger partial charge in [-0.3, -0.25) is 9.52 Å². The molecule has 0 saturated heterocycles. The van der Waals surface area contributed by atoms with Crippen molar-refractivity contribution in [3.63, 3.8) is 0 Å². The first-order chi connectivity index (χ1) is 8.41. The summed E-state index contributed by atoms with van der Waals surface area (Å²) in [5.74, 6) is -0.636. The van der Waals surface area contributed by atoms with Crippen LogP contribution in [0.4, 0.5) is 5.69 Å². The molecule has 0 aliphatic heterocycles. The van der Waals surface area contributed by atoms with Crippen LogP contribution >= 0.6 is 0 Å². The van der Waals surface area contributed by atoms with Crippen LogP contribution in [0.3, 0.4) is 0 Å². The summed E-state index contributed by atoms with van der Waals surface area (Å²) in [6, 6.07) is 4.73. The monoisotopic (exact) mass is 268 g/mol. The molecule has 0 aliphatic rings. The van der Waals surface area contributed by atoms with Gasteiger partial charge in [0.15, 0.2) is 5.82 Å². The minimum Gasteiger partial charge on any atom is -0.363 e. The number of primary amides is 1. The highest BCUT2D eigenvalue weighted by atomic mass is 32.2. The summed E-state index contributed by atoms with van der Waals surface area (Å²) in [5, 5.41) is 0. The van der Waals surface area contributed by atoms with Gasteiger partial charge in [0.05, 0.1) is 22.5 Å². The van der Waals surface area contributed by atoms with Crippen LogP contribution in [0, 0.1) is 0 Å². The lowest BCUT2D eigenvalue weighted by Crippen LogP contribution is -2.14. The number of hydrogen-bond acceptors (Lipinski definition) is 4. The molecular formula is C10H12N4O3S. The largest absolute Gasteiger partial charge is 0.363 e. The first kappa shape index (κ1) is 12.4. The van der Waals surface area contributed by atoms with E-state index >= 15 is 0 Å². The molecule has 96 valence electrons. The van der Waals surface area contributed by atoms with Gasteiger partial charge in [0.2, 0.25) is 10.0 Å². The van der Waals surface area contributed by atoms with Crippen LogP contribution in [0.1, 0.15) is 17.5 Å². The number of carbonyl (C=O) groups excluding carboxylic acids is 1. The molecule has 0 aliphatic carbocycles. The summed E-state index contributed by atoms with van der Waals surface area (Å²) in [5.41, 5.74) is 6.59. The van der Waals surface area contributed by atoms with Crippen LogP contribution in [-0.2, 0) is 10.0 Å². The molecule has 2 aromatic rings. The lowest BCUT2D eigenvalue weighted by Gasteiger charge is -2.04. The molecule has 1 heterocycles. The number of amides is 1. The minimum absolute atomic E-state index is 0.0133. The van der Waals surface area contributed by atoms with Gasteiger partial charge in [-0.2, -0.15) is 0 Å². The van der Waals surface area contributed by atoms with E-state index < -0.39 is 15.9 Å². The second-order valence-electron chi connectivity index (χ2n) is 3.69. The molecule has 1 aromatic heterocycles. The molecule has 8 heteroatoms. The Bertz CT molecular complexity index is 705. The van der Waals surface area contributed by atoms with Gasteiger partial charge in [-0.1, -0.05) is 0 Å². The predicted octanol–water partition coefficient (Wildman–Crippen LogP) is 0.423. The van der Waals surface area contributed by atoms with Crippen molar-refractivity contribution in [2.75, 3.05) is 10.5 Å². The fraction of sp³-hybridized carbons (Fsp3) is 0.200. The summed E-state index contributed by atoms with van der Waals surface area (Å²) in [6.07, 6.45) is 0. The van der Waals surface area contributed by atoms with Crippen molar-refractivity contribution in [1.82, 2.24) is 9.97 Å². The summed E-state index contributed by atoms with van der Waals surface area (Å²) < 4.78 is 25.2. The number of H-pyrrole nitrogens is 1. The van der Waals surface area contributed by atoms with E-state index in [1.54, 1.807) is 25.1 Å². The molecule has 0 radical (unpaired) electrons. The highest BCUT2D eigenvalue weighted by molar-refractivity contribution is 7.92. The molecule has 7 nitrogen and oxygen atoms in total. The van der Waals surface area contributed by atoms with Gasteiger partial charge in [0.25, 0.3) is 5.91 Å². The van der Waals surface area contributed by atoms with Crippen LogP contribution in [0.15, 0.2) is 18.2 Å². The maximum absolute atomic E-state index is 11.4. The standard InChI is InChI=1S/C10H12N4O3S/c1-2-18(16,17)14-6-3-4-7-8(5-6)13-10(12-7)9(11)15/h3-5,14H,2H2,1H3,(H2,11,15)(H,12,13). The highest BCUT2D eigenvalue weighted by Crippen LogP contribution is 2.18. The molecule has 0 spiro atoms. The number of imidazole rings is 1. The zero-order valence-corrected chi connectivity index (χ0v) is 10.4. The SMILES string of the molecule is CCS(=O)(=O)Nc1ccc2nc(C(N)=O)[nH]c2c1. The number of rotatable bonds is 4. The third-order valence-electron chi connectivity index (χ3n) is 2.37. The molecular weight excluding hydrogens is 256 g/mol. The molecule has 0 bridgehead atoms. The Kier molecular flexibility index (Phi) is 2.95. The first-order valence-electron chi connectivity index (χ1n) is 5.21. The fourth-order valence-electron chi connectivity index (χ4n) is 1.44. The van der Waals surface area contributed by atoms with Crippen molar-refractivity contribution in [3.05, 3.63) is 24.0 Å². The maximum Gasteiger partial charge on any atom is 0.284 e. The Morgan fingerprint density at radius 3 is 2.83 bits per heavy atom. The maximum atomic E-state index is 11.4. The van der Waals surface area contributed by atoms with Crippen molar-refractivity contribution >= 4 is 32.7 Å². The van der Waals surface area contributed by atoms with Crippen molar-refractivity contribution in [1.29, 1.82) is 0 Å². The van der Waals surface area contributed by atoms with Crippen LogP contribution in [-0.4, -0.2) is 30.0 Å². The molecule has 2 rings (SSSR count). The number of aromatic amines is 1. The zero-order chi connectivity index (χ0) is 13.3. The van der Waals surface area contributed by atoms with Gasteiger partial charge < -0.3 is 10.7 Å². The third-order valence-corrected chi connectivity index (χ3v) is 3.68. The van der Waals surface area contributed by atoms with E-state index in [1.807, 2.05) is 0 Å². The Hall–Kier alpha value is -2.09. The molecule has 4 N–H and O–H groups in total. The molecule has 1 aromatic carbocycles. The predicted molar refractivity (Wildman–Crippen MR) is 67.7 cm³/mol. The minimum atomic E-state index is -3.33. The lowest BCUT2D eigenvalue weighted by atomic mass is 10.3. The number of nitrogens with two attached hydrogens (primary N) is 1. The molecule has 0 fully saturated rings. The zero-order valence-electron chi connectivity index (χ0n) is 9.60. The third kappa shape index (κ3) is 2.43. The van der Waals surface area contributed by atoms with E-state index in [0.29, 0.717) is 16.7 Å². The van der Waals surface area contributed by atoms with Gasteiger partial charge in [-0.15, -0.1) is 0 Å². The van der Waals surface area contributed by atoms with Crippen LogP contribution < -0.4 is 10.5 Å². The fourth-order valence-corrected chi connectivity index (χ4v) is 2.07. The van der Waals surface area contributed by atoms with Gasteiger partial charge in [0.1, 0.15) is 0 Å². The van der Waals surface area contributed by atoms with Crippen LogP contribution in [0.25, 0.3) is 11.0 Å². The topological polar surface area (TPSA) is 118 Å². The summed E-state index contributed by atoms with van der Waals surface area (Å²) >= 11 is 0. The number of hydrogen-bond donors (Lipinski definition) is 3. The van der Waals surface area contributed by atoms with Gasteiger partial charge in [0, 0.05) is 0 Å². The van der Waals surface area contributed by atoms with Crippen LogP contribution in [0.2, 0.25) is 0 Å². The Balaban J connectivity index is 2.41. The van der Waals surface area contributed by atoms with Crippen molar-refractivity contribution in [2.24, 2.45) is 5.73 Å². The van der Waals surface area contributed by atoms with E-state index in [4.69, 9.17) is 5.73 Å². The number of nitrogens with zero attached hydrogens (tertiary/aromatic N) is 1. The average Bonchev–Trinajstić information content (AvgIpc) is 2.71. The molecule has 18 heavy (non-hydrogen) atoms. The quantitative estimate of drug-likeness (QED) is 0.744. The number of nitrogens with one attached hydrogen (secondary N) is 2. The van der Waals surface area contributed by atoms with E-state index in [0.717, 1.165) is 0 Å². The number of anilines is 1. The van der Waals surface area contributed by atoms with E-state index in [2.05, 4.69) is 14.7 Å². The van der Waals surface area contributed by atoms with Gasteiger partial charge >= 0.3 is 0 Å². The van der Waals surface area contributed by atoms with E-state index in [1.165, 1.54) is 0 Å². The first-order valence-corrected chi connectivity index (χ1v) is 6.86. The number of aromatic nitrogens is 2. The number of sulfonamides is 1. The highest BCUT2D eigenvalue weighted by Gasteiger charge is 2.10. The summed E-state index contributed by atoms with van der Waals surface area (Å²) in [7, 11) is -3.33. The second-order valence-corrected chi connectivity index (χ2v) is 5.70. The van der Waals surface area contributed by atoms with E-state index in [9.17, 15) is 13.2 Å². The van der Waals surface area contributed by atoms with Crippen molar-refractivity contribution in [3.8, 4) is 0 Å². The summed E-state index contributed by atoms with van der Waals surface area (Å²) in [4.78, 5) is 17.6. The van der Waals surface area contributed by atoms with Gasteiger partial charge in [-0.05, 0) is 25.1 Å². The molecule has 0 saturated carbocycles. The molecule has 0 unspecified atom stereocenters. The van der Waals surface area contributed by atoms with Crippen molar-refractivity contribution < 1.29 is 13.2 Å².